The van der Waals surface area contributed by atoms with E-state index >= 15 is 0 Å². The monoisotopic (exact) mass is 266 g/mol. The Morgan fingerprint density at radius 1 is 1.44 bits per heavy atom. The van der Waals surface area contributed by atoms with E-state index in [1.807, 2.05) is 11.4 Å². The molecule has 0 amide bonds. The Labute approximate surface area is 111 Å². The van der Waals surface area contributed by atoms with Crippen molar-refractivity contribution in [3.8, 4) is 16.4 Å². The van der Waals surface area contributed by atoms with E-state index in [2.05, 4.69) is 17.2 Å². The van der Waals surface area contributed by atoms with Crippen molar-refractivity contribution in [2.24, 2.45) is 0 Å². The van der Waals surface area contributed by atoms with Crippen LogP contribution in [-0.4, -0.2) is 25.2 Å². The van der Waals surface area contributed by atoms with Gasteiger partial charge in [0.15, 0.2) is 11.7 Å². The van der Waals surface area contributed by atoms with Crippen LogP contribution < -0.4 is 10.1 Å². The molecular formula is C13H18N2O2S. The topological polar surface area (TPSA) is 47.3 Å². The number of nitrogens with one attached hydrogen (secondary N) is 1. The second-order valence-electron chi connectivity index (χ2n) is 3.97. The summed E-state index contributed by atoms with van der Waals surface area (Å²) in [6, 6.07) is 1.96. The van der Waals surface area contributed by atoms with E-state index < -0.39 is 0 Å². The molecule has 18 heavy (non-hydrogen) atoms. The van der Waals surface area contributed by atoms with Crippen molar-refractivity contribution in [3.63, 3.8) is 0 Å². The molecule has 2 heterocycles. The molecule has 2 aromatic rings. The maximum absolute atomic E-state index is 5.71. The lowest BCUT2D eigenvalue weighted by atomic mass is 10.4. The third-order valence-electron chi connectivity index (χ3n) is 2.55. The fourth-order valence-corrected chi connectivity index (χ4v) is 2.39. The van der Waals surface area contributed by atoms with E-state index in [0.717, 1.165) is 48.2 Å². The number of hydrogen-bond acceptors (Lipinski definition) is 5. The van der Waals surface area contributed by atoms with Gasteiger partial charge in [-0.1, -0.05) is 6.92 Å². The summed E-state index contributed by atoms with van der Waals surface area (Å²) in [7, 11) is 1.66. The van der Waals surface area contributed by atoms with Crippen molar-refractivity contribution in [2.45, 2.75) is 19.8 Å². The summed E-state index contributed by atoms with van der Waals surface area (Å²) in [5.41, 5.74) is 0. The number of thiophene rings is 1. The Bertz CT molecular complexity index is 479. The first-order valence-electron chi connectivity index (χ1n) is 6.11. The minimum Gasteiger partial charge on any atom is -0.496 e. The number of nitrogens with zero attached hydrogens (tertiary/aromatic N) is 1. The van der Waals surface area contributed by atoms with Crippen LogP contribution in [0.4, 0.5) is 0 Å². The summed E-state index contributed by atoms with van der Waals surface area (Å²) in [5.74, 6) is 2.45. The smallest absolute Gasteiger partial charge is 0.196 e. The van der Waals surface area contributed by atoms with Crippen molar-refractivity contribution in [3.05, 3.63) is 23.5 Å². The molecule has 0 aliphatic rings. The predicted molar refractivity (Wildman–Crippen MR) is 73.2 cm³/mol. The van der Waals surface area contributed by atoms with E-state index in [1.54, 1.807) is 24.6 Å². The molecule has 0 spiro atoms. The lowest BCUT2D eigenvalue weighted by Crippen LogP contribution is -2.17. The third-order valence-corrected chi connectivity index (χ3v) is 3.47. The third kappa shape index (κ3) is 3.34. The van der Waals surface area contributed by atoms with Crippen LogP contribution in [0.25, 0.3) is 10.6 Å². The molecule has 0 fully saturated rings. The van der Waals surface area contributed by atoms with Gasteiger partial charge in [0.05, 0.1) is 18.2 Å². The van der Waals surface area contributed by atoms with Gasteiger partial charge in [-0.3, -0.25) is 0 Å². The normalized spacial score (nSPS) is 10.8. The average molecular weight is 266 g/mol. The van der Waals surface area contributed by atoms with E-state index in [0.29, 0.717) is 0 Å². The molecule has 0 bridgehead atoms. The molecular weight excluding hydrogens is 248 g/mol. The number of rotatable bonds is 7. The summed E-state index contributed by atoms with van der Waals surface area (Å²) >= 11 is 1.60. The molecule has 0 aliphatic heterocycles. The number of hydrogen-bond donors (Lipinski definition) is 1. The SMILES string of the molecule is CCCNCCc1ncc(-c2cc(OC)cs2)o1. The minimum absolute atomic E-state index is 0.779. The lowest BCUT2D eigenvalue weighted by Gasteiger charge is -1.98. The van der Waals surface area contributed by atoms with Gasteiger partial charge >= 0.3 is 0 Å². The predicted octanol–water partition coefficient (Wildman–Crippen LogP) is 2.95. The minimum atomic E-state index is 0.779. The van der Waals surface area contributed by atoms with E-state index in [-0.39, 0.29) is 0 Å². The Hall–Kier alpha value is -1.33. The van der Waals surface area contributed by atoms with Crippen LogP contribution in [0.3, 0.4) is 0 Å². The number of methoxy groups -OCH3 is 1. The molecule has 5 heteroatoms. The van der Waals surface area contributed by atoms with Crippen molar-refractivity contribution < 1.29 is 9.15 Å². The van der Waals surface area contributed by atoms with Gasteiger partial charge in [-0.15, -0.1) is 11.3 Å². The standard InChI is InChI=1S/C13H18N2O2S/c1-3-5-14-6-4-13-15-8-11(17-13)12-7-10(16-2)9-18-12/h7-9,14H,3-6H2,1-2H3. The molecule has 0 saturated carbocycles. The van der Waals surface area contributed by atoms with E-state index in [1.165, 1.54) is 0 Å². The molecule has 0 atom stereocenters. The Balaban J connectivity index is 1.93. The quantitative estimate of drug-likeness (QED) is 0.783. The molecule has 2 aromatic heterocycles. The highest BCUT2D eigenvalue weighted by molar-refractivity contribution is 7.13. The second kappa shape index (κ2) is 6.56. The highest BCUT2D eigenvalue weighted by Crippen LogP contribution is 2.31. The maximum Gasteiger partial charge on any atom is 0.196 e. The zero-order valence-corrected chi connectivity index (χ0v) is 11.5. The zero-order valence-electron chi connectivity index (χ0n) is 10.7. The molecule has 0 aromatic carbocycles. The van der Waals surface area contributed by atoms with E-state index in [9.17, 15) is 0 Å². The van der Waals surface area contributed by atoms with Crippen LogP contribution in [0, 0.1) is 0 Å². The largest absolute Gasteiger partial charge is 0.496 e. The number of oxazole rings is 1. The van der Waals surface area contributed by atoms with Gasteiger partial charge in [0, 0.05) is 24.4 Å². The summed E-state index contributed by atoms with van der Waals surface area (Å²) in [4.78, 5) is 5.33. The molecule has 1 N–H and O–H groups in total. The zero-order chi connectivity index (χ0) is 12.8. The van der Waals surface area contributed by atoms with Crippen LogP contribution in [0.5, 0.6) is 5.75 Å². The second-order valence-corrected chi connectivity index (χ2v) is 4.88. The van der Waals surface area contributed by atoms with Gasteiger partial charge in [-0.25, -0.2) is 4.98 Å². The van der Waals surface area contributed by atoms with Crippen LogP contribution in [-0.2, 0) is 6.42 Å². The van der Waals surface area contributed by atoms with Gasteiger partial charge < -0.3 is 14.5 Å². The van der Waals surface area contributed by atoms with Gasteiger partial charge in [-0.05, 0) is 13.0 Å². The Morgan fingerprint density at radius 3 is 3.06 bits per heavy atom. The van der Waals surface area contributed by atoms with Crippen molar-refractivity contribution in [1.29, 1.82) is 0 Å². The molecule has 2 rings (SSSR count). The van der Waals surface area contributed by atoms with Crippen molar-refractivity contribution >= 4 is 11.3 Å². The summed E-state index contributed by atoms with van der Waals surface area (Å²) in [6.45, 7) is 4.09. The lowest BCUT2D eigenvalue weighted by molar-refractivity contribution is 0.416. The van der Waals surface area contributed by atoms with Gasteiger partial charge in [0.25, 0.3) is 0 Å². The molecule has 0 saturated heterocycles. The molecule has 4 nitrogen and oxygen atoms in total. The summed E-state index contributed by atoms with van der Waals surface area (Å²) in [5, 5.41) is 5.29. The fourth-order valence-electron chi connectivity index (χ4n) is 1.59. The molecule has 0 unspecified atom stereocenters. The number of ether oxygens (including phenoxy) is 1. The average Bonchev–Trinajstić information content (AvgIpc) is 3.03. The summed E-state index contributed by atoms with van der Waals surface area (Å²) < 4.78 is 10.9. The van der Waals surface area contributed by atoms with E-state index in [4.69, 9.17) is 9.15 Å². The van der Waals surface area contributed by atoms with Crippen LogP contribution in [0.2, 0.25) is 0 Å². The highest BCUT2D eigenvalue weighted by atomic mass is 32.1. The summed E-state index contributed by atoms with van der Waals surface area (Å²) in [6.07, 6.45) is 3.74. The first kappa shape index (κ1) is 13.1. The fraction of sp³-hybridized carbons (Fsp3) is 0.462. The first-order chi connectivity index (χ1) is 8.83. The Kier molecular flexibility index (Phi) is 4.78. The number of aromatic nitrogens is 1. The molecule has 98 valence electrons. The van der Waals surface area contributed by atoms with Gasteiger partial charge in [0.1, 0.15) is 5.75 Å². The van der Waals surface area contributed by atoms with Crippen LogP contribution in [0.1, 0.15) is 19.2 Å². The van der Waals surface area contributed by atoms with Gasteiger partial charge in [0.2, 0.25) is 0 Å². The van der Waals surface area contributed by atoms with Crippen molar-refractivity contribution in [1.82, 2.24) is 10.3 Å². The van der Waals surface area contributed by atoms with Crippen LogP contribution in [0.15, 0.2) is 22.1 Å². The van der Waals surface area contributed by atoms with Gasteiger partial charge in [-0.2, -0.15) is 0 Å². The molecule has 0 aliphatic carbocycles. The Morgan fingerprint density at radius 2 is 2.33 bits per heavy atom. The molecule has 0 radical (unpaired) electrons. The highest BCUT2D eigenvalue weighted by Gasteiger charge is 2.09. The van der Waals surface area contributed by atoms with Crippen LogP contribution >= 0.6 is 11.3 Å². The van der Waals surface area contributed by atoms with Crippen molar-refractivity contribution in [2.75, 3.05) is 20.2 Å². The maximum atomic E-state index is 5.71. The first-order valence-corrected chi connectivity index (χ1v) is 6.99.